The lowest BCUT2D eigenvalue weighted by Gasteiger charge is -2.36. The first-order valence-electron chi connectivity index (χ1n) is 7.41. The van der Waals surface area contributed by atoms with E-state index >= 15 is 0 Å². The zero-order valence-electron chi connectivity index (χ0n) is 12.0. The van der Waals surface area contributed by atoms with Crippen molar-refractivity contribution < 1.29 is 4.39 Å². The van der Waals surface area contributed by atoms with E-state index < -0.39 is 0 Å². The van der Waals surface area contributed by atoms with Gasteiger partial charge in [-0.3, -0.25) is 4.90 Å². The number of rotatable bonds is 5. The number of hydrogen-bond donors (Lipinski definition) is 1. The monoisotopic (exact) mass is 264 g/mol. The molecule has 1 aliphatic rings. The molecule has 1 aromatic rings. The highest BCUT2D eigenvalue weighted by Gasteiger charge is 2.24. The van der Waals surface area contributed by atoms with Crippen LogP contribution in [0.5, 0.6) is 0 Å². The lowest BCUT2D eigenvalue weighted by atomic mass is 9.94. The molecule has 19 heavy (non-hydrogen) atoms. The molecule has 3 heteroatoms. The first-order valence-corrected chi connectivity index (χ1v) is 7.41. The van der Waals surface area contributed by atoms with Gasteiger partial charge in [0.25, 0.3) is 0 Å². The number of nitrogens with zero attached hydrogens (tertiary/aromatic N) is 1. The van der Waals surface area contributed by atoms with Crippen molar-refractivity contribution in [2.75, 3.05) is 26.2 Å². The number of likely N-dealkylation sites (tertiary alicyclic amines) is 1. The van der Waals surface area contributed by atoms with Crippen LogP contribution in [-0.2, 0) is 0 Å². The number of nitrogens with one attached hydrogen (secondary N) is 1. The van der Waals surface area contributed by atoms with Gasteiger partial charge in [-0.25, -0.2) is 4.39 Å². The molecule has 1 unspecified atom stereocenters. The van der Waals surface area contributed by atoms with Crippen LogP contribution in [-0.4, -0.2) is 31.1 Å². The van der Waals surface area contributed by atoms with Gasteiger partial charge >= 0.3 is 0 Å². The van der Waals surface area contributed by atoms with Crippen LogP contribution < -0.4 is 5.32 Å². The Morgan fingerprint density at radius 1 is 1.32 bits per heavy atom. The normalized spacial score (nSPS) is 19.5. The van der Waals surface area contributed by atoms with Gasteiger partial charge in [0.05, 0.1) is 0 Å². The van der Waals surface area contributed by atoms with Gasteiger partial charge in [0, 0.05) is 11.6 Å². The van der Waals surface area contributed by atoms with E-state index in [9.17, 15) is 4.39 Å². The van der Waals surface area contributed by atoms with E-state index in [0.717, 1.165) is 37.7 Å². The minimum Gasteiger partial charge on any atom is -0.317 e. The number of hydrogen-bond acceptors (Lipinski definition) is 2. The Kier molecular flexibility index (Phi) is 5.34. The van der Waals surface area contributed by atoms with E-state index in [1.807, 2.05) is 12.1 Å². The van der Waals surface area contributed by atoms with Gasteiger partial charge < -0.3 is 5.32 Å². The van der Waals surface area contributed by atoms with E-state index in [-0.39, 0.29) is 11.9 Å². The zero-order valence-corrected chi connectivity index (χ0v) is 12.0. The Morgan fingerprint density at radius 2 is 2.00 bits per heavy atom. The average Bonchev–Trinajstić information content (AvgIpc) is 2.45. The molecule has 1 heterocycles. The molecule has 0 aliphatic carbocycles. The lowest BCUT2D eigenvalue weighted by Crippen LogP contribution is -2.38. The predicted molar refractivity (Wildman–Crippen MR) is 77.7 cm³/mol. The molecule has 0 radical (unpaired) electrons. The summed E-state index contributed by atoms with van der Waals surface area (Å²) in [5.74, 6) is 0.703. The molecule has 2 nitrogen and oxygen atoms in total. The molecule has 1 atom stereocenters. The second-order valence-corrected chi connectivity index (χ2v) is 5.48. The largest absolute Gasteiger partial charge is 0.317 e. The second kappa shape index (κ2) is 7.01. The Morgan fingerprint density at radius 3 is 2.63 bits per heavy atom. The third kappa shape index (κ3) is 3.77. The molecular weight excluding hydrogens is 239 g/mol. The molecule has 0 saturated carbocycles. The molecule has 1 aromatic carbocycles. The van der Waals surface area contributed by atoms with E-state index in [2.05, 4.69) is 24.1 Å². The van der Waals surface area contributed by atoms with E-state index in [1.54, 1.807) is 12.1 Å². The fourth-order valence-electron chi connectivity index (χ4n) is 2.90. The summed E-state index contributed by atoms with van der Waals surface area (Å²) in [5, 5.41) is 3.42. The first kappa shape index (κ1) is 14.5. The Hall–Kier alpha value is -0.930. The van der Waals surface area contributed by atoms with Gasteiger partial charge in [-0.2, -0.15) is 0 Å². The van der Waals surface area contributed by atoms with Crippen molar-refractivity contribution in [3.63, 3.8) is 0 Å². The quantitative estimate of drug-likeness (QED) is 0.878. The molecule has 1 saturated heterocycles. The average molecular weight is 264 g/mol. The van der Waals surface area contributed by atoms with Crippen LogP contribution in [0.2, 0.25) is 0 Å². The summed E-state index contributed by atoms with van der Waals surface area (Å²) >= 11 is 0. The number of piperidine rings is 1. The molecule has 0 bridgehead atoms. The summed E-state index contributed by atoms with van der Waals surface area (Å²) in [6, 6.07) is 7.33. The number of halogens is 1. The standard InChI is InChI=1S/C16H25FN2/c1-3-18-12-14-8-10-19(11-9-14)13(2)15-6-4-5-7-16(15)17/h4-7,13-14,18H,3,8-12H2,1-2H3. The van der Waals surface area contributed by atoms with Crippen molar-refractivity contribution in [3.05, 3.63) is 35.6 Å². The molecule has 1 aliphatic heterocycles. The van der Waals surface area contributed by atoms with Crippen LogP contribution in [0.3, 0.4) is 0 Å². The lowest BCUT2D eigenvalue weighted by molar-refractivity contribution is 0.138. The minimum atomic E-state index is -0.0789. The third-order valence-corrected chi connectivity index (χ3v) is 4.24. The molecule has 1 N–H and O–H groups in total. The van der Waals surface area contributed by atoms with Crippen LogP contribution >= 0.6 is 0 Å². The van der Waals surface area contributed by atoms with Gasteiger partial charge in [0.15, 0.2) is 0 Å². The van der Waals surface area contributed by atoms with E-state index in [1.165, 1.54) is 12.8 Å². The van der Waals surface area contributed by atoms with Crippen molar-refractivity contribution in [1.29, 1.82) is 0 Å². The fraction of sp³-hybridized carbons (Fsp3) is 0.625. The van der Waals surface area contributed by atoms with Crippen LogP contribution in [0, 0.1) is 11.7 Å². The van der Waals surface area contributed by atoms with Crippen molar-refractivity contribution in [2.24, 2.45) is 5.92 Å². The Bertz CT molecular complexity index is 386. The van der Waals surface area contributed by atoms with Gasteiger partial charge in [0.2, 0.25) is 0 Å². The highest BCUT2D eigenvalue weighted by atomic mass is 19.1. The van der Waals surface area contributed by atoms with Gasteiger partial charge in [0.1, 0.15) is 5.82 Å². The Labute approximate surface area is 116 Å². The fourth-order valence-corrected chi connectivity index (χ4v) is 2.90. The van der Waals surface area contributed by atoms with Crippen molar-refractivity contribution >= 4 is 0 Å². The number of benzene rings is 1. The van der Waals surface area contributed by atoms with Gasteiger partial charge in [-0.15, -0.1) is 0 Å². The minimum absolute atomic E-state index is 0.0789. The van der Waals surface area contributed by atoms with Gasteiger partial charge in [-0.05, 0) is 57.9 Å². The highest BCUT2D eigenvalue weighted by molar-refractivity contribution is 5.20. The van der Waals surface area contributed by atoms with Crippen molar-refractivity contribution in [2.45, 2.75) is 32.7 Å². The second-order valence-electron chi connectivity index (χ2n) is 5.48. The molecule has 0 aromatic heterocycles. The van der Waals surface area contributed by atoms with Crippen molar-refractivity contribution in [1.82, 2.24) is 10.2 Å². The highest BCUT2D eigenvalue weighted by Crippen LogP contribution is 2.27. The maximum absolute atomic E-state index is 13.8. The van der Waals surface area contributed by atoms with Crippen LogP contribution in [0.15, 0.2) is 24.3 Å². The first-order chi connectivity index (χ1) is 9.22. The summed E-state index contributed by atoms with van der Waals surface area (Å²) in [6.07, 6.45) is 2.43. The molecule has 0 spiro atoms. The summed E-state index contributed by atoms with van der Waals surface area (Å²) in [5.41, 5.74) is 0.827. The van der Waals surface area contributed by atoms with Crippen molar-refractivity contribution in [3.8, 4) is 0 Å². The summed E-state index contributed by atoms with van der Waals surface area (Å²) < 4.78 is 13.8. The van der Waals surface area contributed by atoms with Gasteiger partial charge in [-0.1, -0.05) is 25.1 Å². The maximum Gasteiger partial charge on any atom is 0.127 e. The Balaban J connectivity index is 1.89. The smallest absolute Gasteiger partial charge is 0.127 e. The van der Waals surface area contributed by atoms with Crippen LogP contribution in [0.25, 0.3) is 0 Å². The maximum atomic E-state index is 13.8. The SMILES string of the molecule is CCNCC1CCN(C(C)c2ccccc2F)CC1. The molecule has 0 amide bonds. The summed E-state index contributed by atoms with van der Waals surface area (Å²) in [4.78, 5) is 2.40. The summed E-state index contributed by atoms with van der Waals surface area (Å²) in [7, 11) is 0. The topological polar surface area (TPSA) is 15.3 Å². The molecule has 106 valence electrons. The zero-order chi connectivity index (χ0) is 13.7. The van der Waals surface area contributed by atoms with E-state index in [0.29, 0.717) is 0 Å². The predicted octanol–water partition coefficient (Wildman–Crippen LogP) is 3.21. The molecule has 2 rings (SSSR count). The molecular formula is C16H25FN2. The van der Waals surface area contributed by atoms with E-state index in [4.69, 9.17) is 0 Å². The third-order valence-electron chi connectivity index (χ3n) is 4.24. The van der Waals surface area contributed by atoms with Crippen LogP contribution in [0.1, 0.15) is 38.3 Å². The molecule has 1 fully saturated rings. The van der Waals surface area contributed by atoms with Crippen LogP contribution in [0.4, 0.5) is 4.39 Å². The summed E-state index contributed by atoms with van der Waals surface area (Å²) in [6.45, 7) is 8.58.